The number of methoxy groups -OCH3 is 1. The number of amides is 1. The zero-order valence-corrected chi connectivity index (χ0v) is 19.9. The molecule has 35 heavy (non-hydrogen) atoms. The molecule has 1 atom stereocenters. The van der Waals surface area contributed by atoms with Crippen LogP contribution >= 0.6 is 0 Å². The number of carbonyl (C=O) groups is 1. The lowest BCUT2D eigenvalue weighted by Crippen LogP contribution is -2.40. The van der Waals surface area contributed by atoms with Gasteiger partial charge in [-0.05, 0) is 55.3 Å². The predicted molar refractivity (Wildman–Crippen MR) is 132 cm³/mol. The second kappa shape index (κ2) is 10.7. The Morgan fingerprint density at radius 1 is 1.03 bits per heavy atom. The van der Waals surface area contributed by atoms with Gasteiger partial charge in [0.15, 0.2) is 0 Å². The molecule has 4 heterocycles. The Kier molecular flexibility index (Phi) is 7.09. The third-order valence-corrected chi connectivity index (χ3v) is 6.48. The quantitative estimate of drug-likeness (QED) is 0.532. The molecule has 1 amide bonds. The Labute approximate surface area is 205 Å². The maximum absolute atomic E-state index is 13.4. The van der Waals surface area contributed by atoms with E-state index in [0.717, 1.165) is 49.7 Å². The number of nitrogens with zero attached hydrogens (tertiary/aromatic N) is 4. The topological polar surface area (TPSA) is 77.0 Å². The minimum Gasteiger partial charge on any atom is -0.497 e. The summed E-state index contributed by atoms with van der Waals surface area (Å²) >= 11 is 0. The Balaban J connectivity index is 1.26. The number of aromatic nitrogens is 2. The van der Waals surface area contributed by atoms with E-state index in [-0.39, 0.29) is 11.8 Å². The van der Waals surface area contributed by atoms with Gasteiger partial charge in [0.2, 0.25) is 5.88 Å². The lowest BCUT2D eigenvalue weighted by molar-refractivity contribution is 0.0705. The fourth-order valence-corrected chi connectivity index (χ4v) is 4.58. The van der Waals surface area contributed by atoms with E-state index < -0.39 is 0 Å². The molecule has 8 heteroatoms. The number of pyridine rings is 2. The van der Waals surface area contributed by atoms with Crippen LogP contribution in [0.4, 0.5) is 5.82 Å². The smallest absolute Gasteiger partial charge is 0.254 e. The third kappa shape index (κ3) is 5.54. The largest absolute Gasteiger partial charge is 0.497 e. The number of piperidine rings is 1. The predicted octanol–water partition coefficient (Wildman–Crippen LogP) is 4.13. The van der Waals surface area contributed by atoms with Gasteiger partial charge in [-0.15, -0.1) is 0 Å². The molecule has 0 aliphatic carbocycles. The molecule has 5 rings (SSSR count). The van der Waals surface area contributed by atoms with Gasteiger partial charge in [-0.1, -0.05) is 6.07 Å². The van der Waals surface area contributed by atoms with Crippen LogP contribution in [0.5, 0.6) is 17.4 Å². The van der Waals surface area contributed by atoms with Crippen molar-refractivity contribution in [2.45, 2.75) is 18.8 Å². The SMILES string of the molecule is COc1ccc(Oc2cccc(C3CCCN(C(=O)c4ccnc(N5CCOCC5)c4)C3)n2)cc1. The standard InChI is InChI=1S/C27H30N4O4/c1-33-22-7-9-23(10-8-22)35-26-6-2-5-24(29-26)21-4-3-13-31(19-21)27(32)20-11-12-28-25(18-20)30-14-16-34-17-15-30/h2,5-12,18,21H,3-4,13-17,19H2,1H3. The molecule has 2 aliphatic heterocycles. The molecule has 0 saturated carbocycles. The summed E-state index contributed by atoms with van der Waals surface area (Å²) in [5.41, 5.74) is 1.61. The molecule has 0 bridgehead atoms. The van der Waals surface area contributed by atoms with Crippen molar-refractivity contribution in [3.8, 4) is 17.4 Å². The third-order valence-electron chi connectivity index (χ3n) is 6.48. The number of anilines is 1. The van der Waals surface area contributed by atoms with E-state index in [1.54, 1.807) is 19.4 Å². The molecule has 2 fully saturated rings. The van der Waals surface area contributed by atoms with E-state index in [9.17, 15) is 4.79 Å². The van der Waals surface area contributed by atoms with E-state index in [2.05, 4.69) is 9.88 Å². The molecule has 0 N–H and O–H groups in total. The van der Waals surface area contributed by atoms with Crippen LogP contribution in [-0.4, -0.2) is 67.3 Å². The maximum Gasteiger partial charge on any atom is 0.254 e. The van der Waals surface area contributed by atoms with Gasteiger partial charge in [-0.2, -0.15) is 0 Å². The average Bonchev–Trinajstić information content (AvgIpc) is 2.94. The highest BCUT2D eigenvalue weighted by Crippen LogP contribution is 2.29. The first-order chi connectivity index (χ1) is 17.2. The zero-order valence-electron chi connectivity index (χ0n) is 19.9. The Morgan fingerprint density at radius 3 is 2.63 bits per heavy atom. The summed E-state index contributed by atoms with van der Waals surface area (Å²) < 4.78 is 16.6. The number of morpholine rings is 1. The molecular formula is C27H30N4O4. The van der Waals surface area contributed by atoms with Crippen LogP contribution in [0.25, 0.3) is 0 Å². The van der Waals surface area contributed by atoms with Gasteiger partial charge in [0.1, 0.15) is 17.3 Å². The van der Waals surface area contributed by atoms with Crippen molar-refractivity contribution in [3.05, 3.63) is 72.1 Å². The molecule has 0 radical (unpaired) electrons. The van der Waals surface area contributed by atoms with Gasteiger partial charge >= 0.3 is 0 Å². The highest BCUT2D eigenvalue weighted by molar-refractivity contribution is 5.95. The fraction of sp³-hybridized carbons (Fsp3) is 0.370. The number of carbonyl (C=O) groups excluding carboxylic acids is 1. The van der Waals surface area contributed by atoms with Crippen LogP contribution in [0.3, 0.4) is 0 Å². The van der Waals surface area contributed by atoms with Gasteiger partial charge in [-0.3, -0.25) is 4.79 Å². The average molecular weight is 475 g/mol. The molecule has 2 aliphatic rings. The van der Waals surface area contributed by atoms with Crippen LogP contribution in [0, 0.1) is 0 Å². The van der Waals surface area contributed by atoms with Crippen molar-refractivity contribution >= 4 is 11.7 Å². The highest BCUT2D eigenvalue weighted by atomic mass is 16.5. The van der Waals surface area contributed by atoms with Crippen molar-refractivity contribution in [3.63, 3.8) is 0 Å². The summed E-state index contributed by atoms with van der Waals surface area (Å²) in [6, 6.07) is 16.9. The van der Waals surface area contributed by atoms with Crippen molar-refractivity contribution in [1.29, 1.82) is 0 Å². The first-order valence-corrected chi connectivity index (χ1v) is 12.1. The fourth-order valence-electron chi connectivity index (χ4n) is 4.58. The summed E-state index contributed by atoms with van der Waals surface area (Å²) in [6.45, 7) is 4.32. The summed E-state index contributed by atoms with van der Waals surface area (Å²) in [4.78, 5) is 26.7. The van der Waals surface area contributed by atoms with Crippen molar-refractivity contribution in [2.75, 3.05) is 51.4 Å². The van der Waals surface area contributed by atoms with Crippen LogP contribution in [0.1, 0.15) is 34.8 Å². The minimum absolute atomic E-state index is 0.0391. The van der Waals surface area contributed by atoms with E-state index in [1.807, 2.05) is 53.4 Å². The molecule has 1 unspecified atom stereocenters. The summed E-state index contributed by atoms with van der Waals surface area (Å²) in [7, 11) is 1.64. The molecule has 0 spiro atoms. The Morgan fingerprint density at radius 2 is 1.83 bits per heavy atom. The van der Waals surface area contributed by atoms with Gasteiger partial charge < -0.3 is 24.0 Å². The Hall–Kier alpha value is -3.65. The lowest BCUT2D eigenvalue weighted by Gasteiger charge is -2.33. The molecule has 1 aromatic carbocycles. The number of rotatable bonds is 6. The van der Waals surface area contributed by atoms with Crippen molar-refractivity contribution in [1.82, 2.24) is 14.9 Å². The number of hydrogen-bond donors (Lipinski definition) is 0. The van der Waals surface area contributed by atoms with Crippen LogP contribution in [0.2, 0.25) is 0 Å². The second-order valence-corrected chi connectivity index (χ2v) is 8.77. The number of ether oxygens (including phenoxy) is 3. The minimum atomic E-state index is 0.0391. The summed E-state index contributed by atoms with van der Waals surface area (Å²) in [6.07, 6.45) is 3.64. The molecule has 182 valence electrons. The normalized spacial score (nSPS) is 18.3. The molecule has 3 aromatic rings. The second-order valence-electron chi connectivity index (χ2n) is 8.77. The zero-order chi connectivity index (χ0) is 24.0. The summed E-state index contributed by atoms with van der Waals surface area (Å²) in [5, 5.41) is 0. The summed E-state index contributed by atoms with van der Waals surface area (Å²) in [5.74, 6) is 3.05. The Bertz CT molecular complexity index is 1150. The molecular weight excluding hydrogens is 444 g/mol. The van der Waals surface area contributed by atoms with Gasteiger partial charge in [-0.25, -0.2) is 9.97 Å². The van der Waals surface area contributed by atoms with Crippen LogP contribution in [-0.2, 0) is 4.74 Å². The number of hydrogen-bond acceptors (Lipinski definition) is 7. The van der Waals surface area contributed by atoms with Gasteiger partial charge in [0.05, 0.1) is 20.3 Å². The first-order valence-electron chi connectivity index (χ1n) is 12.1. The van der Waals surface area contributed by atoms with E-state index in [0.29, 0.717) is 37.0 Å². The van der Waals surface area contributed by atoms with Crippen LogP contribution < -0.4 is 14.4 Å². The van der Waals surface area contributed by atoms with E-state index in [1.165, 1.54) is 0 Å². The van der Waals surface area contributed by atoms with Gasteiger partial charge in [0, 0.05) is 55.6 Å². The highest BCUT2D eigenvalue weighted by Gasteiger charge is 2.27. The maximum atomic E-state index is 13.4. The van der Waals surface area contributed by atoms with Gasteiger partial charge in [0.25, 0.3) is 5.91 Å². The number of likely N-dealkylation sites (tertiary alicyclic amines) is 1. The number of benzene rings is 1. The van der Waals surface area contributed by atoms with E-state index >= 15 is 0 Å². The van der Waals surface area contributed by atoms with Crippen molar-refractivity contribution < 1.29 is 19.0 Å². The monoisotopic (exact) mass is 474 g/mol. The molecule has 2 saturated heterocycles. The lowest BCUT2D eigenvalue weighted by atomic mass is 9.94. The van der Waals surface area contributed by atoms with E-state index in [4.69, 9.17) is 19.2 Å². The first kappa shape index (κ1) is 23.1. The molecule has 2 aromatic heterocycles. The van der Waals surface area contributed by atoms with Crippen LogP contribution in [0.15, 0.2) is 60.8 Å². The molecule has 8 nitrogen and oxygen atoms in total. The van der Waals surface area contributed by atoms with Crippen molar-refractivity contribution in [2.24, 2.45) is 0 Å².